The minimum Gasteiger partial charge on any atom is -0.351 e. The highest BCUT2D eigenvalue weighted by Crippen LogP contribution is 2.48. The molecule has 3 amide bonds. The van der Waals surface area contributed by atoms with Crippen LogP contribution in [0.15, 0.2) is 48.7 Å². The number of nitrogens with one attached hydrogen (secondary N) is 1. The predicted molar refractivity (Wildman–Crippen MR) is 121 cm³/mol. The summed E-state index contributed by atoms with van der Waals surface area (Å²) in [6.07, 6.45) is 3.10. The number of hydrogen-bond donors (Lipinski definition) is 2. The van der Waals surface area contributed by atoms with Crippen LogP contribution in [0.5, 0.6) is 0 Å². The Morgan fingerprint density at radius 2 is 1.88 bits per heavy atom. The second-order valence-electron chi connectivity index (χ2n) is 8.60. The molecule has 3 aromatic rings. The molecule has 3 N–H and O–H groups in total. The van der Waals surface area contributed by atoms with E-state index in [4.69, 9.17) is 17.3 Å². The van der Waals surface area contributed by atoms with Gasteiger partial charge in [0.05, 0.1) is 17.0 Å². The molecular formula is C24H22ClFN4O3. The molecule has 1 aliphatic heterocycles. The van der Waals surface area contributed by atoms with Gasteiger partial charge in [-0.1, -0.05) is 41.9 Å². The first kappa shape index (κ1) is 21.5. The van der Waals surface area contributed by atoms with Crippen LogP contribution in [-0.4, -0.2) is 39.4 Å². The molecule has 7 nitrogen and oxygen atoms in total. The van der Waals surface area contributed by atoms with Gasteiger partial charge in [-0.3, -0.25) is 14.2 Å². The van der Waals surface area contributed by atoms with E-state index in [1.54, 1.807) is 35.4 Å². The summed E-state index contributed by atoms with van der Waals surface area (Å²) in [7, 11) is 0. The summed E-state index contributed by atoms with van der Waals surface area (Å²) >= 11 is 5.81. The Balaban J connectivity index is 1.33. The fourth-order valence-electron chi connectivity index (χ4n) is 4.86. The number of carbonyl (C=O) groups excluding carboxylic acids is 3. The molecule has 2 fully saturated rings. The van der Waals surface area contributed by atoms with Crippen molar-refractivity contribution in [3.8, 4) is 0 Å². The summed E-state index contributed by atoms with van der Waals surface area (Å²) in [5, 5.41) is 3.52. The number of nitrogens with zero attached hydrogens (tertiary/aromatic N) is 2. The highest BCUT2D eigenvalue weighted by atomic mass is 35.5. The molecule has 170 valence electrons. The number of amides is 3. The topological polar surface area (TPSA) is 97.4 Å². The standard InChI is InChI=1S/C24H22ClFN4O3/c25-17-6-3-4-13(22(17)26)11-28-23(32)20-9-14-8-19(14)30(20)21(31)10-15-12-29(24(27)33)18-7-2-1-5-16(15)18/h1-7,12,14,19-20H,8-11H2,(H2,27,33)(H,28,32)/t14-,19-,20+/m1/s1. The van der Waals surface area contributed by atoms with Crippen molar-refractivity contribution in [3.63, 3.8) is 0 Å². The highest BCUT2D eigenvalue weighted by Gasteiger charge is 2.55. The Labute approximate surface area is 194 Å². The van der Waals surface area contributed by atoms with E-state index in [9.17, 15) is 18.8 Å². The number of fused-ring (bicyclic) bond motifs is 2. The summed E-state index contributed by atoms with van der Waals surface area (Å²) < 4.78 is 15.5. The van der Waals surface area contributed by atoms with Crippen molar-refractivity contribution in [1.82, 2.24) is 14.8 Å². The lowest BCUT2D eigenvalue weighted by Crippen LogP contribution is -2.48. The number of primary amides is 1. The first-order chi connectivity index (χ1) is 15.8. The minimum absolute atomic E-state index is 0.00390. The van der Waals surface area contributed by atoms with E-state index in [-0.39, 0.29) is 41.4 Å². The van der Waals surface area contributed by atoms with Gasteiger partial charge in [-0.05, 0) is 36.5 Å². The third kappa shape index (κ3) is 3.84. The molecule has 33 heavy (non-hydrogen) atoms. The Kier molecular flexibility index (Phi) is 5.32. The fourth-order valence-corrected chi connectivity index (χ4v) is 5.06. The average Bonchev–Trinajstić information content (AvgIpc) is 3.30. The van der Waals surface area contributed by atoms with Gasteiger partial charge in [-0.15, -0.1) is 0 Å². The van der Waals surface area contributed by atoms with Crippen LogP contribution in [0.3, 0.4) is 0 Å². The van der Waals surface area contributed by atoms with Crippen molar-refractivity contribution in [3.05, 3.63) is 70.6 Å². The van der Waals surface area contributed by atoms with Crippen molar-refractivity contribution in [1.29, 1.82) is 0 Å². The summed E-state index contributed by atoms with van der Waals surface area (Å²) in [6, 6.07) is 10.7. The second kappa shape index (κ2) is 8.19. The van der Waals surface area contributed by atoms with E-state index < -0.39 is 17.9 Å². The molecule has 1 saturated heterocycles. The number of aromatic nitrogens is 1. The molecular weight excluding hydrogens is 447 g/mol. The van der Waals surface area contributed by atoms with Gasteiger partial charge in [-0.2, -0.15) is 0 Å². The Bertz CT molecular complexity index is 1290. The number of hydrogen-bond acceptors (Lipinski definition) is 3. The zero-order valence-corrected chi connectivity index (χ0v) is 18.4. The van der Waals surface area contributed by atoms with Gasteiger partial charge in [0.25, 0.3) is 0 Å². The van der Waals surface area contributed by atoms with Gasteiger partial charge >= 0.3 is 6.03 Å². The average molecular weight is 469 g/mol. The van der Waals surface area contributed by atoms with E-state index in [2.05, 4.69) is 5.32 Å². The number of para-hydroxylation sites is 1. The predicted octanol–water partition coefficient (Wildman–Crippen LogP) is 3.21. The van der Waals surface area contributed by atoms with Gasteiger partial charge < -0.3 is 16.0 Å². The molecule has 1 aliphatic carbocycles. The Hall–Kier alpha value is -3.39. The zero-order chi connectivity index (χ0) is 23.3. The van der Waals surface area contributed by atoms with E-state index in [0.717, 1.165) is 11.8 Å². The molecule has 2 aliphatic rings. The molecule has 9 heteroatoms. The number of benzene rings is 2. The normalized spacial score (nSPS) is 21.2. The first-order valence-electron chi connectivity index (χ1n) is 10.8. The van der Waals surface area contributed by atoms with Crippen LogP contribution in [0.4, 0.5) is 9.18 Å². The maximum Gasteiger partial charge on any atom is 0.323 e. The molecule has 1 aromatic heterocycles. The molecule has 0 spiro atoms. The summed E-state index contributed by atoms with van der Waals surface area (Å²) in [6.45, 7) is -0.00874. The van der Waals surface area contributed by atoms with E-state index >= 15 is 0 Å². The maximum absolute atomic E-state index is 14.1. The van der Waals surface area contributed by atoms with Crippen LogP contribution in [-0.2, 0) is 22.6 Å². The monoisotopic (exact) mass is 468 g/mol. The molecule has 5 rings (SSSR count). The molecule has 0 bridgehead atoms. The lowest BCUT2D eigenvalue weighted by molar-refractivity contribution is -0.139. The minimum atomic E-state index is -0.626. The summed E-state index contributed by atoms with van der Waals surface area (Å²) in [4.78, 5) is 39.7. The van der Waals surface area contributed by atoms with Crippen LogP contribution in [0.2, 0.25) is 5.02 Å². The van der Waals surface area contributed by atoms with Gasteiger partial charge in [0.15, 0.2) is 0 Å². The second-order valence-corrected chi connectivity index (χ2v) is 9.01. The Morgan fingerprint density at radius 1 is 1.09 bits per heavy atom. The lowest BCUT2D eigenvalue weighted by Gasteiger charge is -2.27. The number of nitrogens with two attached hydrogens (primary N) is 1. The van der Waals surface area contributed by atoms with Crippen LogP contribution in [0.25, 0.3) is 10.9 Å². The molecule has 0 unspecified atom stereocenters. The molecule has 1 saturated carbocycles. The van der Waals surface area contributed by atoms with Crippen molar-refractivity contribution < 1.29 is 18.8 Å². The van der Waals surface area contributed by atoms with Crippen LogP contribution >= 0.6 is 11.6 Å². The highest BCUT2D eigenvalue weighted by molar-refractivity contribution is 6.30. The number of halogens is 2. The van der Waals surface area contributed by atoms with Gasteiger partial charge in [0.2, 0.25) is 11.8 Å². The Morgan fingerprint density at radius 3 is 2.67 bits per heavy atom. The van der Waals surface area contributed by atoms with E-state index in [1.807, 2.05) is 12.1 Å². The van der Waals surface area contributed by atoms with Gasteiger partial charge in [-0.25, -0.2) is 9.18 Å². The molecule has 2 aromatic carbocycles. The lowest BCUT2D eigenvalue weighted by atomic mass is 10.1. The van der Waals surface area contributed by atoms with Gasteiger partial charge in [0.1, 0.15) is 11.9 Å². The van der Waals surface area contributed by atoms with Crippen molar-refractivity contribution in [2.24, 2.45) is 11.7 Å². The molecule has 2 heterocycles. The zero-order valence-electron chi connectivity index (χ0n) is 17.6. The third-order valence-corrected chi connectivity index (χ3v) is 6.85. The quantitative estimate of drug-likeness (QED) is 0.601. The van der Waals surface area contributed by atoms with Crippen molar-refractivity contribution in [2.75, 3.05) is 0 Å². The molecule has 3 atom stereocenters. The van der Waals surface area contributed by atoms with E-state index in [1.165, 1.54) is 10.6 Å². The SMILES string of the molecule is NC(=O)n1cc(CC(=O)N2[C@@H]3C[C@@H]3C[C@H]2C(=O)NCc2cccc(Cl)c2F)c2ccccc21. The van der Waals surface area contributed by atoms with Crippen LogP contribution in [0, 0.1) is 11.7 Å². The summed E-state index contributed by atoms with van der Waals surface area (Å²) in [5.41, 5.74) is 7.08. The largest absolute Gasteiger partial charge is 0.351 e. The fraction of sp³-hybridized carbons (Fsp3) is 0.292. The third-order valence-electron chi connectivity index (χ3n) is 6.55. The number of rotatable bonds is 5. The first-order valence-corrected chi connectivity index (χ1v) is 11.1. The molecule has 0 radical (unpaired) electrons. The van der Waals surface area contributed by atoms with Crippen molar-refractivity contribution >= 4 is 40.3 Å². The van der Waals surface area contributed by atoms with Crippen molar-refractivity contribution in [2.45, 2.75) is 37.9 Å². The number of likely N-dealkylation sites (tertiary alicyclic amines) is 1. The van der Waals surface area contributed by atoms with Crippen LogP contribution in [0.1, 0.15) is 24.0 Å². The summed E-state index contributed by atoms with van der Waals surface area (Å²) in [5.74, 6) is -0.747. The van der Waals surface area contributed by atoms with Gasteiger partial charge in [0, 0.05) is 29.7 Å². The number of carbonyl (C=O) groups is 3. The van der Waals surface area contributed by atoms with Crippen LogP contribution < -0.4 is 11.1 Å². The number of piperidine rings is 1. The van der Waals surface area contributed by atoms with E-state index in [0.29, 0.717) is 23.4 Å². The maximum atomic E-state index is 14.1. The smallest absolute Gasteiger partial charge is 0.323 e.